The minimum Gasteiger partial charge on any atom is -0.492 e. The van der Waals surface area contributed by atoms with E-state index >= 15 is 0 Å². The molecule has 5 rings (SSSR count). The van der Waals surface area contributed by atoms with Crippen LogP contribution in [0, 0.1) is 5.92 Å². The number of nitrogens with one attached hydrogen (secondary N) is 1. The first-order valence-electron chi connectivity index (χ1n) is 14.2. The van der Waals surface area contributed by atoms with Crippen molar-refractivity contribution in [1.82, 2.24) is 0 Å². The second-order valence-corrected chi connectivity index (χ2v) is 10.8. The number of esters is 1. The number of ketones is 1. The van der Waals surface area contributed by atoms with Gasteiger partial charge in [0.1, 0.15) is 18.4 Å². The van der Waals surface area contributed by atoms with Gasteiger partial charge in [0.2, 0.25) is 5.91 Å². The summed E-state index contributed by atoms with van der Waals surface area (Å²) in [7, 11) is 1.34. The molecule has 0 saturated heterocycles. The lowest BCUT2D eigenvalue weighted by atomic mass is 10.00. The first-order chi connectivity index (χ1) is 20.9. The van der Waals surface area contributed by atoms with Crippen LogP contribution in [-0.4, -0.2) is 44.0 Å². The highest BCUT2D eigenvalue weighted by Gasteiger charge is 2.34. The third-order valence-electron chi connectivity index (χ3n) is 7.30. The van der Waals surface area contributed by atoms with Gasteiger partial charge in [-0.15, -0.1) is 0 Å². The molecule has 1 atom stereocenters. The van der Waals surface area contributed by atoms with Crippen LogP contribution in [0.5, 0.6) is 5.75 Å². The summed E-state index contributed by atoms with van der Waals surface area (Å²) in [4.78, 5) is 40.6. The van der Waals surface area contributed by atoms with E-state index in [2.05, 4.69) is 5.32 Å². The Morgan fingerprint density at radius 2 is 1.56 bits per heavy atom. The number of methoxy groups -OCH3 is 1. The monoisotopic (exact) mass is 596 g/mol. The first kappa shape index (κ1) is 29.9. The Labute approximate surface area is 256 Å². The van der Waals surface area contributed by atoms with Crippen LogP contribution in [0.25, 0.3) is 0 Å². The number of para-hydroxylation sites is 1. The van der Waals surface area contributed by atoms with E-state index in [9.17, 15) is 14.4 Å². The predicted molar refractivity (Wildman–Crippen MR) is 168 cm³/mol. The SMILES string of the molecule is COC(=O)C(Cc1ccc(OCCN(C(=O)C2CC2)c2ccc(Cl)cc2)cc1)Nc1ccccc1C(=O)c1ccccc1. The Hall–Kier alpha value is -4.62. The van der Waals surface area contributed by atoms with Gasteiger partial charge in [0.15, 0.2) is 5.78 Å². The highest BCUT2D eigenvalue weighted by Crippen LogP contribution is 2.33. The average Bonchev–Trinajstić information content (AvgIpc) is 3.90. The van der Waals surface area contributed by atoms with Gasteiger partial charge in [0.05, 0.1) is 13.7 Å². The summed E-state index contributed by atoms with van der Waals surface area (Å²) in [6.07, 6.45) is 2.17. The van der Waals surface area contributed by atoms with Gasteiger partial charge in [-0.2, -0.15) is 0 Å². The van der Waals surface area contributed by atoms with Crippen molar-refractivity contribution in [2.75, 3.05) is 30.5 Å². The molecule has 1 amide bonds. The maximum atomic E-state index is 13.2. The van der Waals surface area contributed by atoms with Crippen LogP contribution < -0.4 is 15.0 Å². The molecule has 0 aromatic heterocycles. The van der Waals surface area contributed by atoms with E-state index in [0.29, 0.717) is 47.2 Å². The second kappa shape index (κ2) is 14.0. The van der Waals surface area contributed by atoms with Crippen LogP contribution in [0.2, 0.25) is 5.02 Å². The number of amides is 1. The highest BCUT2D eigenvalue weighted by molar-refractivity contribution is 6.30. The molecule has 1 fully saturated rings. The molecule has 0 heterocycles. The molecule has 7 nitrogen and oxygen atoms in total. The molecule has 1 unspecified atom stereocenters. The molecular formula is C35H33ClN2O5. The lowest BCUT2D eigenvalue weighted by Crippen LogP contribution is -2.35. The topological polar surface area (TPSA) is 84.9 Å². The Bertz CT molecular complexity index is 1550. The number of rotatable bonds is 13. The normalized spacial score (nSPS) is 13.1. The summed E-state index contributed by atoms with van der Waals surface area (Å²) >= 11 is 6.04. The van der Waals surface area contributed by atoms with E-state index < -0.39 is 12.0 Å². The van der Waals surface area contributed by atoms with Crippen molar-refractivity contribution in [3.8, 4) is 5.75 Å². The number of hydrogen-bond acceptors (Lipinski definition) is 6. The number of hydrogen-bond donors (Lipinski definition) is 1. The van der Waals surface area contributed by atoms with Gasteiger partial charge in [-0.3, -0.25) is 9.59 Å². The van der Waals surface area contributed by atoms with Crippen molar-refractivity contribution in [2.45, 2.75) is 25.3 Å². The number of anilines is 2. The number of nitrogens with zero attached hydrogens (tertiary/aromatic N) is 1. The minimum atomic E-state index is -0.720. The summed E-state index contributed by atoms with van der Waals surface area (Å²) < 4.78 is 11.0. The van der Waals surface area contributed by atoms with Gasteiger partial charge in [0, 0.05) is 39.9 Å². The van der Waals surface area contributed by atoms with Crippen molar-refractivity contribution in [2.24, 2.45) is 5.92 Å². The summed E-state index contributed by atoms with van der Waals surface area (Å²) in [5.41, 5.74) is 3.27. The van der Waals surface area contributed by atoms with Crippen molar-refractivity contribution in [3.63, 3.8) is 0 Å². The summed E-state index contributed by atoms with van der Waals surface area (Å²) in [6, 6.07) is 30.1. The number of benzene rings is 4. The van der Waals surface area contributed by atoms with Gasteiger partial charge in [-0.05, 0) is 66.9 Å². The molecule has 220 valence electrons. The van der Waals surface area contributed by atoms with Gasteiger partial charge in [-0.1, -0.05) is 66.2 Å². The number of carbonyl (C=O) groups excluding carboxylic acids is 3. The summed E-state index contributed by atoms with van der Waals surface area (Å²) in [6.45, 7) is 0.729. The van der Waals surface area contributed by atoms with Crippen molar-refractivity contribution in [3.05, 3.63) is 125 Å². The van der Waals surface area contributed by atoms with Crippen LogP contribution >= 0.6 is 11.6 Å². The average molecular weight is 597 g/mol. The lowest BCUT2D eigenvalue weighted by molar-refractivity contribution is -0.141. The molecule has 0 spiro atoms. The molecule has 1 aliphatic carbocycles. The van der Waals surface area contributed by atoms with Crippen LogP contribution in [-0.2, 0) is 20.7 Å². The molecular weight excluding hydrogens is 564 g/mol. The van der Waals surface area contributed by atoms with Gasteiger partial charge < -0.3 is 19.7 Å². The summed E-state index contributed by atoms with van der Waals surface area (Å²) in [5.74, 6) is 0.261. The number of ether oxygens (including phenoxy) is 2. The zero-order valence-electron chi connectivity index (χ0n) is 23.9. The van der Waals surface area contributed by atoms with Crippen LogP contribution in [0.3, 0.4) is 0 Å². The molecule has 1 N–H and O–H groups in total. The van der Waals surface area contributed by atoms with E-state index in [4.69, 9.17) is 21.1 Å². The van der Waals surface area contributed by atoms with Crippen molar-refractivity contribution < 1.29 is 23.9 Å². The van der Waals surface area contributed by atoms with E-state index in [-0.39, 0.29) is 17.6 Å². The lowest BCUT2D eigenvalue weighted by Gasteiger charge is -2.23. The molecule has 4 aromatic rings. The van der Waals surface area contributed by atoms with E-state index in [0.717, 1.165) is 24.1 Å². The van der Waals surface area contributed by atoms with Crippen LogP contribution in [0.4, 0.5) is 11.4 Å². The molecule has 0 radical (unpaired) electrons. The smallest absolute Gasteiger partial charge is 0.328 e. The maximum absolute atomic E-state index is 13.2. The van der Waals surface area contributed by atoms with Crippen molar-refractivity contribution >= 4 is 40.6 Å². The molecule has 4 aromatic carbocycles. The first-order valence-corrected chi connectivity index (χ1v) is 14.6. The van der Waals surface area contributed by atoms with Gasteiger partial charge in [-0.25, -0.2) is 4.79 Å². The van der Waals surface area contributed by atoms with Crippen LogP contribution in [0.1, 0.15) is 34.3 Å². The zero-order chi connectivity index (χ0) is 30.2. The maximum Gasteiger partial charge on any atom is 0.328 e. The highest BCUT2D eigenvalue weighted by atomic mass is 35.5. The van der Waals surface area contributed by atoms with E-state index in [1.807, 2.05) is 60.7 Å². The van der Waals surface area contributed by atoms with Gasteiger partial charge in [0.25, 0.3) is 0 Å². The zero-order valence-corrected chi connectivity index (χ0v) is 24.6. The molecule has 0 bridgehead atoms. The molecule has 1 aliphatic rings. The molecule has 1 saturated carbocycles. The molecule has 43 heavy (non-hydrogen) atoms. The second-order valence-electron chi connectivity index (χ2n) is 10.4. The fraction of sp³-hybridized carbons (Fsp3) is 0.229. The minimum absolute atomic E-state index is 0.0785. The molecule has 0 aliphatic heterocycles. The third-order valence-corrected chi connectivity index (χ3v) is 7.55. The Balaban J connectivity index is 1.22. The number of halogens is 1. The predicted octanol–water partition coefficient (Wildman–Crippen LogP) is 6.59. The van der Waals surface area contributed by atoms with Crippen molar-refractivity contribution in [1.29, 1.82) is 0 Å². The Kier molecular flexibility index (Phi) is 9.74. The standard InChI is InChI=1S/C35H33ClN2O5/c1-42-35(41)32(37-31-10-6-5-9-30(31)33(39)25-7-3-2-4-8-25)23-24-11-19-29(20-12-24)43-22-21-38(34(40)26-13-14-26)28-17-15-27(36)16-18-28/h2-12,15-20,26,32,37H,13-14,21-23H2,1H3. The van der Waals surface area contributed by atoms with Gasteiger partial charge >= 0.3 is 5.97 Å². The largest absolute Gasteiger partial charge is 0.492 e. The number of carbonyl (C=O) groups is 3. The Morgan fingerprint density at radius 1 is 0.884 bits per heavy atom. The van der Waals surface area contributed by atoms with Crippen LogP contribution in [0.15, 0.2) is 103 Å². The fourth-order valence-electron chi connectivity index (χ4n) is 4.83. The van der Waals surface area contributed by atoms with E-state index in [1.165, 1.54) is 7.11 Å². The summed E-state index contributed by atoms with van der Waals surface area (Å²) in [5, 5.41) is 3.85. The fourth-order valence-corrected chi connectivity index (χ4v) is 4.95. The third kappa shape index (κ3) is 7.81. The van der Waals surface area contributed by atoms with E-state index in [1.54, 1.807) is 47.4 Å². The molecule has 8 heteroatoms. The Morgan fingerprint density at radius 3 is 2.23 bits per heavy atom. The quantitative estimate of drug-likeness (QED) is 0.138.